The number of hydrogen-bond donors (Lipinski definition) is 1. The van der Waals surface area contributed by atoms with Crippen LogP contribution in [-0.2, 0) is 23.2 Å². The summed E-state index contributed by atoms with van der Waals surface area (Å²) in [6.45, 7) is 3.75. The van der Waals surface area contributed by atoms with Crippen molar-refractivity contribution in [3.05, 3.63) is 17.5 Å². The predicted octanol–water partition coefficient (Wildman–Crippen LogP) is 0.324. The standard InChI is InChI=1S/C10H15N3O2/c1-7(14)4-10(15)11-5-9-6-12-13(3)8(9)2/h6H,4-5H2,1-3H3,(H,11,15). The molecule has 1 aromatic rings. The van der Waals surface area contributed by atoms with Crippen LogP contribution < -0.4 is 5.32 Å². The maximum atomic E-state index is 11.2. The van der Waals surface area contributed by atoms with E-state index in [0.29, 0.717) is 6.54 Å². The number of Topliss-reactive ketones (excluding diaryl/α,β-unsaturated/α-hetero) is 1. The number of aromatic nitrogens is 2. The van der Waals surface area contributed by atoms with Gasteiger partial charge in [-0.15, -0.1) is 0 Å². The Labute approximate surface area is 88.5 Å². The molecule has 82 valence electrons. The third-order valence-electron chi connectivity index (χ3n) is 2.22. The van der Waals surface area contributed by atoms with E-state index in [1.54, 1.807) is 10.9 Å². The van der Waals surface area contributed by atoms with Gasteiger partial charge in [-0.2, -0.15) is 5.10 Å². The van der Waals surface area contributed by atoms with Crippen molar-refractivity contribution in [2.75, 3.05) is 0 Å². The Morgan fingerprint density at radius 3 is 2.67 bits per heavy atom. The number of carbonyl (C=O) groups is 2. The number of rotatable bonds is 4. The maximum Gasteiger partial charge on any atom is 0.227 e. The Kier molecular flexibility index (Phi) is 3.60. The van der Waals surface area contributed by atoms with Crippen LogP contribution in [0.3, 0.4) is 0 Å². The summed E-state index contributed by atoms with van der Waals surface area (Å²) in [4.78, 5) is 21.8. The molecule has 0 bridgehead atoms. The van der Waals surface area contributed by atoms with E-state index >= 15 is 0 Å². The molecule has 1 aromatic heterocycles. The number of amides is 1. The third kappa shape index (κ3) is 3.19. The number of aryl methyl sites for hydroxylation is 1. The van der Waals surface area contributed by atoms with Gasteiger partial charge >= 0.3 is 0 Å². The van der Waals surface area contributed by atoms with E-state index in [1.165, 1.54) is 6.92 Å². The summed E-state index contributed by atoms with van der Waals surface area (Å²) in [6, 6.07) is 0. The Morgan fingerprint density at radius 2 is 2.20 bits per heavy atom. The van der Waals surface area contributed by atoms with Gasteiger partial charge in [0, 0.05) is 24.8 Å². The summed E-state index contributed by atoms with van der Waals surface area (Å²) in [6.07, 6.45) is 1.66. The first kappa shape index (κ1) is 11.4. The Hall–Kier alpha value is -1.65. The molecule has 0 aliphatic heterocycles. The molecule has 0 fully saturated rings. The van der Waals surface area contributed by atoms with Gasteiger partial charge < -0.3 is 5.32 Å². The maximum absolute atomic E-state index is 11.2. The van der Waals surface area contributed by atoms with Gasteiger partial charge in [0.25, 0.3) is 0 Å². The minimum atomic E-state index is -0.245. The lowest BCUT2D eigenvalue weighted by molar-refractivity contribution is -0.127. The monoisotopic (exact) mass is 209 g/mol. The van der Waals surface area contributed by atoms with Crippen LogP contribution >= 0.6 is 0 Å². The van der Waals surface area contributed by atoms with E-state index in [9.17, 15) is 9.59 Å². The van der Waals surface area contributed by atoms with Crippen molar-refractivity contribution in [1.29, 1.82) is 0 Å². The fourth-order valence-electron chi connectivity index (χ4n) is 1.20. The molecule has 15 heavy (non-hydrogen) atoms. The van der Waals surface area contributed by atoms with E-state index < -0.39 is 0 Å². The number of carbonyl (C=O) groups excluding carboxylic acids is 2. The van der Waals surface area contributed by atoms with Crippen LogP contribution in [0.25, 0.3) is 0 Å². The van der Waals surface area contributed by atoms with Crippen LogP contribution in [-0.4, -0.2) is 21.5 Å². The first-order chi connectivity index (χ1) is 7.00. The molecule has 1 rings (SSSR count). The van der Waals surface area contributed by atoms with Gasteiger partial charge in [0.15, 0.2) is 0 Å². The highest BCUT2D eigenvalue weighted by Gasteiger charge is 2.07. The summed E-state index contributed by atoms with van der Waals surface area (Å²) in [5.41, 5.74) is 1.98. The van der Waals surface area contributed by atoms with E-state index in [1.807, 2.05) is 14.0 Å². The van der Waals surface area contributed by atoms with Gasteiger partial charge in [-0.05, 0) is 13.8 Å². The van der Waals surface area contributed by atoms with Gasteiger partial charge in [0.2, 0.25) is 5.91 Å². The first-order valence-corrected chi connectivity index (χ1v) is 4.74. The first-order valence-electron chi connectivity index (χ1n) is 4.74. The molecule has 1 N–H and O–H groups in total. The van der Waals surface area contributed by atoms with Crippen molar-refractivity contribution in [1.82, 2.24) is 15.1 Å². The van der Waals surface area contributed by atoms with E-state index in [4.69, 9.17) is 0 Å². The number of nitrogens with one attached hydrogen (secondary N) is 1. The third-order valence-corrected chi connectivity index (χ3v) is 2.22. The topological polar surface area (TPSA) is 64.0 Å². The number of ketones is 1. The molecule has 0 saturated heterocycles. The zero-order valence-corrected chi connectivity index (χ0v) is 9.20. The van der Waals surface area contributed by atoms with Crippen LogP contribution in [0.1, 0.15) is 24.6 Å². The zero-order valence-electron chi connectivity index (χ0n) is 9.20. The average molecular weight is 209 g/mol. The lowest BCUT2D eigenvalue weighted by Gasteiger charge is -2.03. The lowest BCUT2D eigenvalue weighted by Crippen LogP contribution is -2.24. The zero-order chi connectivity index (χ0) is 11.4. The summed E-state index contributed by atoms with van der Waals surface area (Å²) in [7, 11) is 1.84. The molecule has 0 unspecified atom stereocenters. The van der Waals surface area contributed by atoms with Crippen molar-refractivity contribution < 1.29 is 9.59 Å². The molecule has 1 heterocycles. The molecular formula is C10H15N3O2. The van der Waals surface area contributed by atoms with E-state index in [-0.39, 0.29) is 18.1 Å². The molecule has 0 aromatic carbocycles. The SMILES string of the molecule is CC(=O)CC(=O)NCc1cnn(C)c1C. The Bertz CT molecular complexity index is 382. The molecule has 5 nitrogen and oxygen atoms in total. The highest BCUT2D eigenvalue weighted by atomic mass is 16.2. The van der Waals surface area contributed by atoms with Gasteiger partial charge in [-0.1, -0.05) is 0 Å². The Morgan fingerprint density at radius 1 is 1.53 bits per heavy atom. The molecule has 1 amide bonds. The second-order valence-corrected chi connectivity index (χ2v) is 3.53. The molecule has 0 spiro atoms. The molecule has 0 aliphatic carbocycles. The fourth-order valence-corrected chi connectivity index (χ4v) is 1.20. The highest BCUT2D eigenvalue weighted by Crippen LogP contribution is 2.04. The van der Waals surface area contributed by atoms with Gasteiger partial charge in [0.1, 0.15) is 5.78 Å². The summed E-state index contributed by atoms with van der Waals surface area (Å²) >= 11 is 0. The van der Waals surface area contributed by atoms with Crippen molar-refractivity contribution >= 4 is 11.7 Å². The van der Waals surface area contributed by atoms with Crippen LogP contribution in [0.15, 0.2) is 6.20 Å². The van der Waals surface area contributed by atoms with Crippen molar-refractivity contribution in [2.45, 2.75) is 26.8 Å². The fraction of sp³-hybridized carbons (Fsp3) is 0.500. The van der Waals surface area contributed by atoms with E-state index in [0.717, 1.165) is 11.3 Å². The van der Waals surface area contributed by atoms with Gasteiger partial charge in [0.05, 0.1) is 12.6 Å². The van der Waals surface area contributed by atoms with E-state index in [2.05, 4.69) is 10.4 Å². The largest absolute Gasteiger partial charge is 0.352 e. The molecule has 0 radical (unpaired) electrons. The van der Waals surface area contributed by atoms with Crippen LogP contribution in [0.4, 0.5) is 0 Å². The average Bonchev–Trinajstić information content (AvgIpc) is 2.44. The molecule has 0 saturated carbocycles. The van der Waals surface area contributed by atoms with Crippen molar-refractivity contribution in [3.63, 3.8) is 0 Å². The molecule has 5 heteroatoms. The Balaban J connectivity index is 2.47. The smallest absolute Gasteiger partial charge is 0.227 e. The minimum absolute atomic E-state index is 0.0562. The number of nitrogens with zero attached hydrogens (tertiary/aromatic N) is 2. The van der Waals surface area contributed by atoms with Crippen molar-refractivity contribution in [3.8, 4) is 0 Å². The van der Waals surface area contributed by atoms with Crippen molar-refractivity contribution in [2.24, 2.45) is 7.05 Å². The molecule has 0 aliphatic rings. The van der Waals surface area contributed by atoms with Crippen LogP contribution in [0.2, 0.25) is 0 Å². The highest BCUT2D eigenvalue weighted by molar-refractivity contribution is 5.96. The molecular weight excluding hydrogens is 194 g/mol. The van der Waals surface area contributed by atoms with Crippen LogP contribution in [0.5, 0.6) is 0 Å². The second-order valence-electron chi connectivity index (χ2n) is 3.53. The number of hydrogen-bond acceptors (Lipinski definition) is 3. The second kappa shape index (κ2) is 4.72. The molecule has 0 atom stereocenters. The minimum Gasteiger partial charge on any atom is -0.352 e. The predicted molar refractivity (Wildman–Crippen MR) is 55.1 cm³/mol. The summed E-state index contributed by atoms with van der Waals surface area (Å²) < 4.78 is 1.74. The summed E-state index contributed by atoms with van der Waals surface area (Å²) in [5.74, 6) is -0.374. The normalized spacial score (nSPS) is 10.1. The van der Waals surface area contributed by atoms with Gasteiger partial charge in [-0.3, -0.25) is 14.3 Å². The summed E-state index contributed by atoms with van der Waals surface area (Å²) in [5, 5.41) is 6.72. The lowest BCUT2D eigenvalue weighted by atomic mass is 10.2. The quantitative estimate of drug-likeness (QED) is 0.726. The van der Waals surface area contributed by atoms with Gasteiger partial charge in [-0.25, -0.2) is 0 Å². The van der Waals surface area contributed by atoms with Crippen LogP contribution in [0, 0.1) is 6.92 Å².